The van der Waals surface area contributed by atoms with Crippen LogP contribution in [0, 0.1) is 24.6 Å². The summed E-state index contributed by atoms with van der Waals surface area (Å²) < 4.78 is 19.0. The lowest BCUT2D eigenvalue weighted by Crippen LogP contribution is -1.99. The number of aliphatic hydroxyl groups is 1. The van der Waals surface area contributed by atoms with E-state index in [-0.39, 0.29) is 18.2 Å². The minimum atomic E-state index is -0.455. The summed E-state index contributed by atoms with van der Waals surface area (Å²) >= 11 is 5.88. The Bertz CT molecular complexity index is 702. The van der Waals surface area contributed by atoms with Crippen LogP contribution in [0.25, 0.3) is 0 Å². The van der Waals surface area contributed by atoms with Gasteiger partial charge in [0.15, 0.2) is 0 Å². The molecule has 0 saturated heterocycles. The summed E-state index contributed by atoms with van der Waals surface area (Å²) in [4.78, 5) is 0. The van der Waals surface area contributed by atoms with Gasteiger partial charge in [0.1, 0.15) is 24.8 Å². The van der Waals surface area contributed by atoms with E-state index in [4.69, 9.17) is 21.4 Å². The highest BCUT2D eigenvalue weighted by molar-refractivity contribution is 6.31. The summed E-state index contributed by atoms with van der Waals surface area (Å²) in [5.74, 6) is 5.65. The zero-order chi connectivity index (χ0) is 15.2. The van der Waals surface area contributed by atoms with E-state index >= 15 is 0 Å². The van der Waals surface area contributed by atoms with E-state index in [0.29, 0.717) is 11.3 Å². The van der Waals surface area contributed by atoms with E-state index in [1.807, 2.05) is 13.0 Å². The standard InChI is InChI=1S/C17H14ClFO2/c1-12-10-13(4-3-9-20)7-8-16(12)21-11-14-5-2-6-15(19)17(14)18/h2,5-8,10,20H,9,11H2,1H3. The average molecular weight is 305 g/mol. The largest absolute Gasteiger partial charge is 0.489 e. The number of halogens is 2. The number of aliphatic hydroxyl groups excluding tert-OH is 1. The first-order chi connectivity index (χ1) is 10.1. The van der Waals surface area contributed by atoms with Crippen LogP contribution in [0.15, 0.2) is 36.4 Å². The van der Waals surface area contributed by atoms with E-state index in [0.717, 1.165) is 11.1 Å². The lowest BCUT2D eigenvalue weighted by molar-refractivity contribution is 0.303. The maximum atomic E-state index is 13.3. The Balaban J connectivity index is 2.12. The van der Waals surface area contributed by atoms with Crippen molar-refractivity contribution in [1.82, 2.24) is 0 Å². The number of hydrogen-bond acceptors (Lipinski definition) is 2. The first kappa shape index (κ1) is 15.4. The summed E-state index contributed by atoms with van der Waals surface area (Å²) in [5.41, 5.74) is 2.31. The van der Waals surface area contributed by atoms with Crippen molar-refractivity contribution in [2.75, 3.05) is 6.61 Å². The number of hydrogen-bond donors (Lipinski definition) is 1. The second kappa shape index (κ2) is 7.12. The monoisotopic (exact) mass is 304 g/mol. The molecule has 0 fully saturated rings. The smallest absolute Gasteiger partial charge is 0.142 e. The summed E-state index contributed by atoms with van der Waals surface area (Å²) in [7, 11) is 0. The molecule has 0 aromatic heterocycles. The van der Waals surface area contributed by atoms with Crippen LogP contribution < -0.4 is 4.74 Å². The number of benzene rings is 2. The van der Waals surface area contributed by atoms with Gasteiger partial charge >= 0.3 is 0 Å². The summed E-state index contributed by atoms with van der Waals surface area (Å²) in [6, 6.07) is 10.1. The molecule has 1 N–H and O–H groups in total. The molecule has 108 valence electrons. The molecule has 0 aliphatic rings. The molecule has 0 heterocycles. The number of ether oxygens (including phenoxy) is 1. The van der Waals surface area contributed by atoms with Crippen LogP contribution in [-0.4, -0.2) is 11.7 Å². The van der Waals surface area contributed by atoms with Crippen molar-refractivity contribution in [2.45, 2.75) is 13.5 Å². The molecule has 0 unspecified atom stereocenters. The van der Waals surface area contributed by atoms with Crippen LogP contribution in [0.3, 0.4) is 0 Å². The molecule has 0 aliphatic carbocycles. The third-order valence-corrected chi connectivity index (χ3v) is 3.32. The Morgan fingerprint density at radius 3 is 2.81 bits per heavy atom. The molecule has 21 heavy (non-hydrogen) atoms. The number of rotatable bonds is 3. The van der Waals surface area contributed by atoms with Crippen molar-refractivity contribution in [2.24, 2.45) is 0 Å². The van der Waals surface area contributed by atoms with E-state index in [9.17, 15) is 4.39 Å². The van der Waals surface area contributed by atoms with Gasteiger partial charge in [-0.05, 0) is 36.8 Å². The molecule has 2 nitrogen and oxygen atoms in total. The van der Waals surface area contributed by atoms with E-state index in [2.05, 4.69) is 11.8 Å². The van der Waals surface area contributed by atoms with Gasteiger partial charge in [0.2, 0.25) is 0 Å². The Morgan fingerprint density at radius 2 is 2.10 bits per heavy atom. The summed E-state index contributed by atoms with van der Waals surface area (Å²) in [6.45, 7) is 1.92. The van der Waals surface area contributed by atoms with Gasteiger partial charge in [0.05, 0.1) is 5.02 Å². The van der Waals surface area contributed by atoms with Gasteiger partial charge in [-0.1, -0.05) is 35.6 Å². The molecule has 0 spiro atoms. The predicted molar refractivity (Wildman–Crippen MR) is 80.9 cm³/mol. The predicted octanol–water partition coefficient (Wildman–Crippen LogP) is 3.71. The summed E-state index contributed by atoms with van der Waals surface area (Å²) in [6.07, 6.45) is 0. The fourth-order valence-corrected chi connectivity index (χ4v) is 2.03. The molecule has 2 aromatic carbocycles. The maximum Gasteiger partial charge on any atom is 0.142 e. The minimum Gasteiger partial charge on any atom is -0.489 e. The van der Waals surface area contributed by atoms with Crippen LogP contribution >= 0.6 is 11.6 Å². The topological polar surface area (TPSA) is 29.5 Å². The van der Waals surface area contributed by atoms with E-state index in [1.165, 1.54) is 6.07 Å². The SMILES string of the molecule is Cc1cc(C#CCO)ccc1OCc1cccc(F)c1Cl. The lowest BCUT2D eigenvalue weighted by atomic mass is 10.1. The normalized spacial score (nSPS) is 9.90. The Hall–Kier alpha value is -2.02. The van der Waals surface area contributed by atoms with Gasteiger partial charge in [-0.2, -0.15) is 0 Å². The zero-order valence-electron chi connectivity index (χ0n) is 11.5. The molecule has 0 bridgehead atoms. The van der Waals surface area contributed by atoms with Crippen LogP contribution in [-0.2, 0) is 6.61 Å². The van der Waals surface area contributed by atoms with Gasteiger partial charge in [-0.15, -0.1) is 0 Å². The highest BCUT2D eigenvalue weighted by Crippen LogP contribution is 2.24. The van der Waals surface area contributed by atoms with Crippen LogP contribution in [0.4, 0.5) is 4.39 Å². The average Bonchev–Trinajstić information content (AvgIpc) is 2.48. The Morgan fingerprint density at radius 1 is 1.29 bits per heavy atom. The van der Waals surface area contributed by atoms with Crippen molar-refractivity contribution in [3.8, 4) is 17.6 Å². The summed E-state index contributed by atoms with van der Waals surface area (Å²) in [5, 5.41) is 8.75. The van der Waals surface area contributed by atoms with Gasteiger partial charge in [0, 0.05) is 11.1 Å². The van der Waals surface area contributed by atoms with Gasteiger partial charge in [0.25, 0.3) is 0 Å². The molecular formula is C17H14ClFO2. The van der Waals surface area contributed by atoms with Crippen molar-refractivity contribution in [3.05, 3.63) is 63.9 Å². The second-order valence-electron chi connectivity index (χ2n) is 4.44. The molecular weight excluding hydrogens is 291 g/mol. The lowest BCUT2D eigenvalue weighted by Gasteiger charge is -2.10. The number of aryl methyl sites for hydroxylation is 1. The third kappa shape index (κ3) is 3.98. The zero-order valence-corrected chi connectivity index (χ0v) is 12.2. The first-order valence-corrected chi connectivity index (χ1v) is 6.75. The van der Waals surface area contributed by atoms with Crippen LogP contribution in [0.5, 0.6) is 5.75 Å². The fourth-order valence-electron chi connectivity index (χ4n) is 1.85. The molecule has 0 aliphatic heterocycles. The van der Waals surface area contributed by atoms with Gasteiger partial charge in [-0.25, -0.2) is 4.39 Å². The van der Waals surface area contributed by atoms with Crippen molar-refractivity contribution in [3.63, 3.8) is 0 Å². The fraction of sp³-hybridized carbons (Fsp3) is 0.176. The quantitative estimate of drug-likeness (QED) is 0.876. The van der Waals surface area contributed by atoms with Crippen LogP contribution in [0.2, 0.25) is 5.02 Å². The Labute approximate surface area is 128 Å². The first-order valence-electron chi connectivity index (χ1n) is 6.38. The molecule has 0 atom stereocenters. The van der Waals surface area contributed by atoms with E-state index in [1.54, 1.807) is 24.3 Å². The van der Waals surface area contributed by atoms with Crippen molar-refractivity contribution in [1.29, 1.82) is 0 Å². The second-order valence-corrected chi connectivity index (χ2v) is 4.82. The van der Waals surface area contributed by atoms with Gasteiger partial charge in [-0.3, -0.25) is 0 Å². The highest BCUT2D eigenvalue weighted by Gasteiger charge is 2.07. The molecule has 0 radical (unpaired) electrons. The maximum absolute atomic E-state index is 13.3. The molecule has 2 rings (SSSR count). The van der Waals surface area contributed by atoms with Crippen LogP contribution in [0.1, 0.15) is 16.7 Å². The minimum absolute atomic E-state index is 0.0839. The van der Waals surface area contributed by atoms with E-state index < -0.39 is 5.82 Å². The highest BCUT2D eigenvalue weighted by atomic mass is 35.5. The third-order valence-electron chi connectivity index (χ3n) is 2.90. The van der Waals surface area contributed by atoms with Gasteiger partial charge < -0.3 is 9.84 Å². The van der Waals surface area contributed by atoms with Crippen molar-refractivity contribution < 1.29 is 14.2 Å². The molecule has 4 heteroatoms. The van der Waals surface area contributed by atoms with Crippen molar-refractivity contribution >= 4 is 11.6 Å². The molecule has 2 aromatic rings. The Kier molecular flexibility index (Phi) is 5.21. The molecule has 0 saturated carbocycles. The molecule has 0 amide bonds.